The summed E-state index contributed by atoms with van der Waals surface area (Å²) in [5.41, 5.74) is -0.423. The van der Waals surface area contributed by atoms with Crippen LogP contribution in [0.4, 0.5) is 13.2 Å². The lowest BCUT2D eigenvalue weighted by Crippen LogP contribution is -2.28. The average molecular weight is 289 g/mol. The minimum atomic E-state index is -4.53. The van der Waals surface area contributed by atoms with Gasteiger partial charge in [-0.15, -0.1) is 0 Å². The summed E-state index contributed by atoms with van der Waals surface area (Å²) in [4.78, 5) is 0. The van der Waals surface area contributed by atoms with E-state index in [9.17, 15) is 18.3 Å². The molecular weight excluding hydrogens is 271 g/mol. The number of phenols is 1. The number of aromatic hydroxyl groups is 1. The Morgan fingerprint density at radius 1 is 1.30 bits per heavy atom. The summed E-state index contributed by atoms with van der Waals surface area (Å²) in [6.45, 7) is 1.81. The molecule has 0 aromatic heterocycles. The van der Waals surface area contributed by atoms with Crippen molar-refractivity contribution in [3.8, 4) is 11.5 Å². The number of rotatable bonds is 3. The highest BCUT2D eigenvalue weighted by Gasteiger charge is 2.36. The van der Waals surface area contributed by atoms with Gasteiger partial charge in [0.15, 0.2) is 11.5 Å². The fraction of sp³-hybridized carbons (Fsp3) is 0.571. The van der Waals surface area contributed by atoms with E-state index in [2.05, 4.69) is 5.32 Å². The van der Waals surface area contributed by atoms with Crippen molar-refractivity contribution in [2.24, 2.45) is 5.92 Å². The number of benzene rings is 1. The number of ether oxygens (including phenoxy) is 1. The van der Waals surface area contributed by atoms with Gasteiger partial charge in [-0.25, -0.2) is 0 Å². The van der Waals surface area contributed by atoms with Crippen LogP contribution in [0.5, 0.6) is 11.5 Å². The first-order valence-electron chi connectivity index (χ1n) is 6.60. The first-order chi connectivity index (χ1) is 9.43. The Bertz CT molecular complexity index is 468. The lowest BCUT2D eigenvalue weighted by molar-refractivity contribution is -0.138. The summed E-state index contributed by atoms with van der Waals surface area (Å²) >= 11 is 0. The second-order valence-electron chi connectivity index (χ2n) is 5.05. The smallest absolute Gasteiger partial charge is 0.420 e. The maximum atomic E-state index is 12.8. The first kappa shape index (κ1) is 15.0. The number of hydrogen-bond acceptors (Lipinski definition) is 3. The van der Waals surface area contributed by atoms with Crippen LogP contribution in [0.1, 0.15) is 24.0 Å². The highest BCUT2D eigenvalue weighted by atomic mass is 19.4. The second kappa shape index (κ2) is 5.91. The van der Waals surface area contributed by atoms with Crippen molar-refractivity contribution in [2.45, 2.75) is 25.4 Å². The predicted molar refractivity (Wildman–Crippen MR) is 69.0 cm³/mol. The Hall–Kier alpha value is -1.43. The van der Waals surface area contributed by atoms with Crippen LogP contribution in [-0.2, 0) is 12.6 Å². The van der Waals surface area contributed by atoms with Gasteiger partial charge in [0, 0.05) is 0 Å². The average Bonchev–Trinajstić information content (AvgIpc) is 2.40. The molecule has 3 nitrogen and oxygen atoms in total. The monoisotopic (exact) mass is 289 g/mol. The van der Waals surface area contributed by atoms with Crippen molar-refractivity contribution in [1.82, 2.24) is 5.32 Å². The third kappa shape index (κ3) is 3.17. The number of halogens is 3. The molecule has 1 aliphatic heterocycles. The molecule has 1 fully saturated rings. The van der Waals surface area contributed by atoms with Gasteiger partial charge >= 0.3 is 6.18 Å². The molecule has 0 radical (unpaired) electrons. The van der Waals surface area contributed by atoms with E-state index in [0.717, 1.165) is 39.1 Å². The third-order valence-electron chi connectivity index (χ3n) is 3.69. The summed E-state index contributed by atoms with van der Waals surface area (Å²) in [6, 6.07) is 2.33. The van der Waals surface area contributed by atoms with Crippen molar-refractivity contribution >= 4 is 0 Å². The van der Waals surface area contributed by atoms with Crippen LogP contribution in [0.2, 0.25) is 0 Å². The topological polar surface area (TPSA) is 41.5 Å². The molecule has 0 saturated carbocycles. The van der Waals surface area contributed by atoms with Gasteiger partial charge in [0.05, 0.1) is 7.11 Å². The number of phenolic OH excluding ortho intramolecular Hbond substituents is 1. The summed E-state index contributed by atoms with van der Waals surface area (Å²) in [5, 5.41) is 13.3. The quantitative estimate of drug-likeness (QED) is 0.899. The number of methoxy groups -OCH3 is 1. The van der Waals surface area contributed by atoms with Gasteiger partial charge in [-0.1, -0.05) is 6.07 Å². The fourth-order valence-corrected chi connectivity index (χ4v) is 2.60. The molecule has 1 aliphatic rings. The van der Waals surface area contributed by atoms with E-state index in [-0.39, 0.29) is 5.75 Å². The van der Waals surface area contributed by atoms with Gasteiger partial charge in [-0.2, -0.15) is 13.2 Å². The number of alkyl halides is 3. The van der Waals surface area contributed by atoms with E-state index < -0.39 is 17.5 Å². The number of piperidine rings is 1. The van der Waals surface area contributed by atoms with E-state index in [1.54, 1.807) is 0 Å². The van der Waals surface area contributed by atoms with Gasteiger partial charge in [0.2, 0.25) is 0 Å². The van der Waals surface area contributed by atoms with Crippen molar-refractivity contribution < 1.29 is 23.0 Å². The zero-order valence-corrected chi connectivity index (χ0v) is 11.3. The van der Waals surface area contributed by atoms with Crippen LogP contribution >= 0.6 is 0 Å². The van der Waals surface area contributed by atoms with E-state index in [1.807, 2.05) is 0 Å². The molecule has 0 atom stereocenters. The maximum absolute atomic E-state index is 12.8. The third-order valence-corrected chi connectivity index (χ3v) is 3.69. The SMILES string of the molecule is COc1c(C(F)(F)F)ccc(CC2CCNCC2)c1O. The van der Waals surface area contributed by atoms with E-state index >= 15 is 0 Å². The van der Waals surface area contributed by atoms with Gasteiger partial charge in [0.1, 0.15) is 5.56 Å². The molecule has 0 amide bonds. The predicted octanol–water partition coefficient (Wildman–Crippen LogP) is 2.96. The van der Waals surface area contributed by atoms with Crippen LogP contribution in [0.3, 0.4) is 0 Å². The Kier molecular flexibility index (Phi) is 4.42. The van der Waals surface area contributed by atoms with Crippen molar-refractivity contribution in [3.05, 3.63) is 23.3 Å². The first-order valence-corrected chi connectivity index (χ1v) is 6.60. The molecule has 0 aliphatic carbocycles. The van der Waals surface area contributed by atoms with E-state index in [0.29, 0.717) is 17.9 Å². The highest BCUT2D eigenvalue weighted by molar-refractivity contribution is 5.52. The standard InChI is InChI=1S/C14H18F3NO2/c1-20-13-11(14(15,16)17)3-2-10(12(13)19)8-9-4-6-18-7-5-9/h2-3,9,18-19H,4-8H2,1H3. The van der Waals surface area contributed by atoms with Crippen LogP contribution in [0.15, 0.2) is 12.1 Å². The lowest BCUT2D eigenvalue weighted by Gasteiger charge is -2.23. The second-order valence-corrected chi connectivity index (χ2v) is 5.05. The molecule has 1 aromatic carbocycles. The Balaban J connectivity index is 2.26. The molecular formula is C14H18F3NO2. The summed E-state index contributed by atoms with van der Waals surface area (Å²) in [7, 11) is 1.14. The van der Waals surface area contributed by atoms with Gasteiger partial charge < -0.3 is 15.2 Å². The van der Waals surface area contributed by atoms with Crippen molar-refractivity contribution in [3.63, 3.8) is 0 Å². The summed E-state index contributed by atoms with van der Waals surface area (Å²) in [5.74, 6) is -0.492. The molecule has 1 saturated heterocycles. The normalized spacial score (nSPS) is 17.2. The largest absolute Gasteiger partial charge is 0.504 e. The van der Waals surface area contributed by atoms with Crippen molar-refractivity contribution in [1.29, 1.82) is 0 Å². The molecule has 0 bridgehead atoms. The molecule has 20 heavy (non-hydrogen) atoms. The van der Waals surface area contributed by atoms with Crippen molar-refractivity contribution in [2.75, 3.05) is 20.2 Å². The van der Waals surface area contributed by atoms with Gasteiger partial charge in [-0.3, -0.25) is 0 Å². The zero-order chi connectivity index (χ0) is 14.8. The van der Waals surface area contributed by atoms with E-state index in [4.69, 9.17) is 4.74 Å². The number of hydrogen-bond donors (Lipinski definition) is 2. The Morgan fingerprint density at radius 2 is 1.95 bits per heavy atom. The molecule has 2 rings (SSSR count). The van der Waals surface area contributed by atoms with Crippen LogP contribution in [0, 0.1) is 5.92 Å². The molecule has 6 heteroatoms. The Morgan fingerprint density at radius 3 is 2.50 bits per heavy atom. The highest BCUT2D eigenvalue weighted by Crippen LogP contribution is 2.43. The van der Waals surface area contributed by atoms with Crippen LogP contribution in [-0.4, -0.2) is 25.3 Å². The molecule has 112 valence electrons. The van der Waals surface area contributed by atoms with Gasteiger partial charge in [-0.05, 0) is 49.9 Å². The van der Waals surface area contributed by atoms with Crippen LogP contribution in [0.25, 0.3) is 0 Å². The summed E-state index contributed by atoms with van der Waals surface area (Å²) in [6.07, 6.45) is -2.04. The molecule has 1 aromatic rings. The fourth-order valence-electron chi connectivity index (χ4n) is 2.60. The van der Waals surface area contributed by atoms with E-state index in [1.165, 1.54) is 6.07 Å². The minimum absolute atomic E-state index is 0.378. The van der Waals surface area contributed by atoms with Gasteiger partial charge in [0.25, 0.3) is 0 Å². The molecule has 0 unspecified atom stereocenters. The Labute approximate surface area is 115 Å². The lowest BCUT2D eigenvalue weighted by atomic mass is 9.90. The minimum Gasteiger partial charge on any atom is -0.504 e. The number of nitrogens with one attached hydrogen (secondary N) is 1. The molecule has 2 N–H and O–H groups in total. The zero-order valence-electron chi connectivity index (χ0n) is 11.3. The maximum Gasteiger partial charge on any atom is 0.420 e. The molecule has 1 heterocycles. The molecule has 0 spiro atoms. The summed E-state index contributed by atoms with van der Waals surface area (Å²) < 4.78 is 43.2. The van der Waals surface area contributed by atoms with Crippen LogP contribution < -0.4 is 10.1 Å².